The molecule has 31 heavy (non-hydrogen) atoms. The van der Waals surface area contributed by atoms with Gasteiger partial charge in [0.05, 0.1) is 22.9 Å². The molecular weight excluding hydrogens is 409 g/mol. The first-order valence-electron chi connectivity index (χ1n) is 9.67. The first-order chi connectivity index (χ1) is 14.8. The van der Waals surface area contributed by atoms with E-state index >= 15 is 0 Å². The molecule has 4 rings (SSSR count). The first kappa shape index (κ1) is 20.6. The Morgan fingerprint density at radius 1 is 1.00 bits per heavy atom. The maximum Gasteiger partial charge on any atom is 0.416 e. The average molecular weight is 428 g/mol. The van der Waals surface area contributed by atoms with Gasteiger partial charge in [-0.05, 0) is 30.3 Å². The van der Waals surface area contributed by atoms with Crippen LogP contribution in [0.1, 0.15) is 26.3 Å². The Morgan fingerprint density at radius 2 is 1.77 bits per heavy atom. The number of hydrogen-bond acceptors (Lipinski definition) is 4. The second-order valence-electron chi connectivity index (χ2n) is 7.22. The lowest BCUT2D eigenvalue weighted by Gasteiger charge is -2.34. The number of aromatic nitrogens is 2. The Morgan fingerprint density at radius 3 is 2.52 bits per heavy atom. The van der Waals surface area contributed by atoms with Crippen molar-refractivity contribution >= 4 is 22.7 Å². The van der Waals surface area contributed by atoms with E-state index in [4.69, 9.17) is 0 Å². The fourth-order valence-electron chi connectivity index (χ4n) is 3.44. The molecule has 1 aliphatic heterocycles. The van der Waals surface area contributed by atoms with Gasteiger partial charge >= 0.3 is 6.18 Å². The first-order valence-corrected chi connectivity index (χ1v) is 9.67. The molecule has 6 nitrogen and oxygen atoms in total. The number of carbonyl (C=O) groups is 2. The van der Waals surface area contributed by atoms with Gasteiger partial charge < -0.3 is 14.8 Å². The topological polar surface area (TPSA) is 69.3 Å². The quantitative estimate of drug-likeness (QED) is 0.508. The number of piperazine rings is 1. The van der Waals surface area contributed by atoms with E-state index in [-0.39, 0.29) is 11.5 Å². The largest absolute Gasteiger partial charge is 0.416 e. The van der Waals surface area contributed by atoms with Crippen molar-refractivity contribution in [3.05, 3.63) is 77.8 Å². The van der Waals surface area contributed by atoms with Crippen molar-refractivity contribution in [2.45, 2.75) is 6.18 Å². The fraction of sp³-hybridized carbons (Fsp3) is 0.227. The number of amides is 1. The molecule has 0 atom stereocenters. The minimum atomic E-state index is -4.50. The minimum Gasteiger partial charge on any atom is -0.374 e. The highest BCUT2D eigenvalue weighted by atomic mass is 19.4. The fourth-order valence-corrected chi connectivity index (χ4v) is 3.44. The SMILES string of the molecule is O=C(C=CN1CCN(C(=O)c2ccc3nc[nH]c3c2)CC1)c1cccc(C(F)(F)F)c1. The number of aromatic amines is 1. The molecule has 1 saturated heterocycles. The van der Waals surface area contributed by atoms with Crippen LogP contribution < -0.4 is 0 Å². The van der Waals surface area contributed by atoms with Crippen LogP contribution in [-0.4, -0.2) is 57.6 Å². The van der Waals surface area contributed by atoms with Gasteiger partial charge in [0.2, 0.25) is 0 Å². The number of hydrogen-bond donors (Lipinski definition) is 1. The van der Waals surface area contributed by atoms with Crippen LogP contribution in [0.15, 0.2) is 61.1 Å². The maximum atomic E-state index is 12.8. The lowest BCUT2D eigenvalue weighted by molar-refractivity contribution is -0.137. The third-order valence-electron chi connectivity index (χ3n) is 5.18. The Balaban J connectivity index is 1.35. The van der Waals surface area contributed by atoms with E-state index < -0.39 is 17.5 Å². The van der Waals surface area contributed by atoms with Gasteiger partial charge in [-0.2, -0.15) is 13.2 Å². The molecule has 0 bridgehead atoms. The Bertz CT molecular complexity index is 1140. The standard InChI is InChI=1S/C22H19F3N4O2/c23-22(24,25)17-3-1-2-15(12-17)20(30)6-7-28-8-10-29(11-9-28)21(31)16-4-5-18-19(13-16)27-14-26-18/h1-7,12-14H,8-11H2,(H,26,27). The van der Waals surface area contributed by atoms with Gasteiger partial charge in [0.1, 0.15) is 0 Å². The molecule has 0 radical (unpaired) electrons. The number of imidazole rings is 1. The van der Waals surface area contributed by atoms with Crippen LogP contribution in [0.25, 0.3) is 11.0 Å². The Hall–Kier alpha value is -3.62. The zero-order valence-electron chi connectivity index (χ0n) is 16.4. The summed E-state index contributed by atoms with van der Waals surface area (Å²) < 4.78 is 38.5. The highest BCUT2D eigenvalue weighted by Crippen LogP contribution is 2.29. The molecule has 1 aromatic heterocycles. The summed E-state index contributed by atoms with van der Waals surface area (Å²) in [4.78, 5) is 35.7. The van der Waals surface area contributed by atoms with Gasteiger partial charge in [-0.1, -0.05) is 12.1 Å². The summed E-state index contributed by atoms with van der Waals surface area (Å²) in [6.45, 7) is 1.98. The number of alkyl halides is 3. The van der Waals surface area contributed by atoms with Crippen LogP contribution in [0.2, 0.25) is 0 Å². The predicted octanol–water partition coefficient (Wildman–Crippen LogP) is 3.74. The minimum absolute atomic E-state index is 0.0194. The van der Waals surface area contributed by atoms with Crippen molar-refractivity contribution in [2.24, 2.45) is 0 Å². The number of halogens is 3. The molecule has 2 aromatic carbocycles. The van der Waals surface area contributed by atoms with Gasteiger partial charge in [-0.15, -0.1) is 0 Å². The van der Waals surface area contributed by atoms with Gasteiger partial charge in [0.25, 0.3) is 5.91 Å². The summed E-state index contributed by atoms with van der Waals surface area (Å²) >= 11 is 0. The Labute approximate surface area is 176 Å². The molecule has 0 aliphatic carbocycles. The molecule has 0 unspecified atom stereocenters. The van der Waals surface area contributed by atoms with Crippen LogP contribution >= 0.6 is 0 Å². The number of carbonyl (C=O) groups excluding carboxylic acids is 2. The van der Waals surface area contributed by atoms with E-state index in [1.54, 1.807) is 35.6 Å². The molecule has 1 N–H and O–H groups in total. The zero-order chi connectivity index (χ0) is 22.0. The second kappa shape index (κ2) is 8.25. The maximum absolute atomic E-state index is 12.8. The van der Waals surface area contributed by atoms with E-state index in [0.29, 0.717) is 31.7 Å². The third-order valence-corrected chi connectivity index (χ3v) is 5.18. The summed E-state index contributed by atoms with van der Waals surface area (Å²) in [5.74, 6) is -0.586. The lowest BCUT2D eigenvalue weighted by atomic mass is 10.1. The number of benzene rings is 2. The van der Waals surface area contributed by atoms with E-state index in [9.17, 15) is 22.8 Å². The number of nitrogens with zero attached hydrogens (tertiary/aromatic N) is 3. The van der Waals surface area contributed by atoms with Crippen molar-refractivity contribution in [1.29, 1.82) is 0 Å². The zero-order valence-corrected chi connectivity index (χ0v) is 16.4. The second-order valence-corrected chi connectivity index (χ2v) is 7.22. The van der Waals surface area contributed by atoms with Crippen molar-refractivity contribution in [1.82, 2.24) is 19.8 Å². The average Bonchev–Trinajstić information content (AvgIpc) is 3.25. The van der Waals surface area contributed by atoms with Crippen LogP contribution in [0.3, 0.4) is 0 Å². The third kappa shape index (κ3) is 4.60. The lowest BCUT2D eigenvalue weighted by Crippen LogP contribution is -2.46. The molecular formula is C22H19F3N4O2. The highest BCUT2D eigenvalue weighted by Gasteiger charge is 2.30. The molecule has 0 saturated carbocycles. The van der Waals surface area contributed by atoms with E-state index in [2.05, 4.69) is 9.97 Å². The number of H-pyrrole nitrogens is 1. The Kier molecular flexibility index (Phi) is 5.50. The van der Waals surface area contributed by atoms with Crippen molar-refractivity contribution in [2.75, 3.05) is 26.2 Å². The summed E-state index contributed by atoms with van der Waals surface area (Å²) in [5, 5.41) is 0. The van der Waals surface area contributed by atoms with Gasteiger partial charge in [-0.3, -0.25) is 9.59 Å². The number of ketones is 1. The van der Waals surface area contributed by atoms with E-state index in [1.807, 2.05) is 4.90 Å². The molecule has 2 heterocycles. The summed E-state index contributed by atoms with van der Waals surface area (Å²) in [6.07, 6.45) is -0.0876. The number of fused-ring (bicyclic) bond motifs is 1. The van der Waals surface area contributed by atoms with Gasteiger partial charge in [0.15, 0.2) is 5.78 Å². The van der Waals surface area contributed by atoms with Crippen LogP contribution in [0.4, 0.5) is 13.2 Å². The smallest absolute Gasteiger partial charge is 0.374 e. The van der Waals surface area contributed by atoms with Crippen LogP contribution in [0.5, 0.6) is 0 Å². The van der Waals surface area contributed by atoms with Crippen molar-refractivity contribution in [3.63, 3.8) is 0 Å². The molecule has 1 amide bonds. The summed E-state index contributed by atoms with van der Waals surface area (Å²) in [6, 6.07) is 9.65. The van der Waals surface area contributed by atoms with Gasteiger partial charge in [-0.25, -0.2) is 4.98 Å². The molecule has 9 heteroatoms. The molecule has 0 spiro atoms. The molecule has 1 fully saturated rings. The van der Waals surface area contributed by atoms with Crippen molar-refractivity contribution < 1.29 is 22.8 Å². The number of allylic oxidation sites excluding steroid dienone is 1. The van der Waals surface area contributed by atoms with Gasteiger partial charge in [0, 0.05) is 49.6 Å². The molecule has 3 aromatic rings. The van der Waals surface area contributed by atoms with Crippen LogP contribution in [-0.2, 0) is 6.18 Å². The van der Waals surface area contributed by atoms with E-state index in [0.717, 1.165) is 23.2 Å². The molecule has 160 valence electrons. The van der Waals surface area contributed by atoms with Crippen molar-refractivity contribution in [3.8, 4) is 0 Å². The predicted molar refractivity (Wildman–Crippen MR) is 108 cm³/mol. The van der Waals surface area contributed by atoms with E-state index in [1.165, 1.54) is 18.2 Å². The number of nitrogens with one attached hydrogen (secondary N) is 1. The highest BCUT2D eigenvalue weighted by molar-refractivity contribution is 6.04. The number of rotatable bonds is 4. The normalized spacial score (nSPS) is 15.1. The van der Waals surface area contributed by atoms with Crippen LogP contribution in [0, 0.1) is 0 Å². The summed E-state index contributed by atoms with van der Waals surface area (Å²) in [5.41, 5.74) is 1.28. The monoisotopic (exact) mass is 428 g/mol. The molecule has 1 aliphatic rings. The summed E-state index contributed by atoms with van der Waals surface area (Å²) in [7, 11) is 0.